The van der Waals surface area contributed by atoms with Gasteiger partial charge in [0.15, 0.2) is 0 Å². The molecule has 2 rings (SSSR count). The molecule has 1 aliphatic heterocycles. The topological polar surface area (TPSA) is 99.8 Å². The van der Waals surface area contributed by atoms with Gasteiger partial charge in [-0.2, -0.15) is 4.31 Å². The molecule has 1 atom stereocenters. The molecular formula is C13H20N2O5S. The van der Waals surface area contributed by atoms with Gasteiger partial charge in [0, 0.05) is 25.8 Å². The SMILES string of the molecule is Cn1cc(S(=O)(=O)N2CCCCCC2CO)cc1C(=O)O. The molecular weight excluding hydrogens is 296 g/mol. The number of carboxylic acids is 1. The summed E-state index contributed by atoms with van der Waals surface area (Å²) in [6.45, 7) is 0.128. The van der Waals surface area contributed by atoms with Crippen LogP contribution in [0.3, 0.4) is 0 Å². The molecule has 0 saturated carbocycles. The lowest BCUT2D eigenvalue weighted by Gasteiger charge is -2.27. The van der Waals surface area contributed by atoms with Crippen molar-refractivity contribution in [3.8, 4) is 0 Å². The molecule has 1 aromatic heterocycles. The standard InChI is InChI=1S/C13H20N2O5S/c1-14-8-11(7-12(14)13(17)18)21(19,20)15-6-4-2-3-5-10(15)9-16/h7-8,10,16H,2-6,9H2,1H3,(H,17,18). The second-order valence-electron chi connectivity index (χ2n) is 5.28. The van der Waals surface area contributed by atoms with Crippen molar-refractivity contribution in [3.63, 3.8) is 0 Å². The normalized spacial score (nSPS) is 21.1. The third-order valence-corrected chi connectivity index (χ3v) is 5.76. The molecule has 0 aromatic carbocycles. The minimum absolute atomic E-state index is 0.0391. The third kappa shape index (κ3) is 3.12. The second-order valence-corrected chi connectivity index (χ2v) is 7.17. The van der Waals surface area contributed by atoms with Crippen LogP contribution in [-0.2, 0) is 17.1 Å². The van der Waals surface area contributed by atoms with Gasteiger partial charge in [-0.15, -0.1) is 0 Å². The van der Waals surface area contributed by atoms with Gasteiger partial charge >= 0.3 is 5.97 Å². The van der Waals surface area contributed by atoms with E-state index >= 15 is 0 Å². The molecule has 1 fully saturated rings. The van der Waals surface area contributed by atoms with Gasteiger partial charge in [0.1, 0.15) is 10.6 Å². The summed E-state index contributed by atoms with van der Waals surface area (Å²) in [5.74, 6) is -1.17. The van der Waals surface area contributed by atoms with Crippen molar-refractivity contribution < 1.29 is 23.4 Å². The number of aromatic nitrogens is 1. The lowest BCUT2D eigenvalue weighted by Crippen LogP contribution is -2.41. The van der Waals surface area contributed by atoms with Crippen molar-refractivity contribution in [2.24, 2.45) is 7.05 Å². The molecule has 21 heavy (non-hydrogen) atoms. The summed E-state index contributed by atoms with van der Waals surface area (Å²) < 4.78 is 28.0. The smallest absolute Gasteiger partial charge is 0.352 e. The molecule has 2 heterocycles. The predicted molar refractivity (Wildman–Crippen MR) is 75.6 cm³/mol. The molecule has 7 nitrogen and oxygen atoms in total. The molecule has 2 N–H and O–H groups in total. The molecule has 8 heteroatoms. The van der Waals surface area contributed by atoms with Crippen LogP contribution in [0.1, 0.15) is 36.2 Å². The molecule has 0 amide bonds. The average Bonchev–Trinajstić information content (AvgIpc) is 2.68. The van der Waals surface area contributed by atoms with E-state index in [4.69, 9.17) is 5.11 Å². The van der Waals surface area contributed by atoms with Crippen LogP contribution in [0.2, 0.25) is 0 Å². The highest BCUT2D eigenvalue weighted by molar-refractivity contribution is 7.89. The number of carboxylic acid groups (broad SMARTS) is 1. The predicted octanol–water partition coefficient (Wildman–Crippen LogP) is 0.649. The van der Waals surface area contributed by atoms with E-state index in [2.05, 4.69) is 0 Å². The van der Waals surface area contributed by atoms with E-state index < -0.39 is 22.0 Å². The van der Waals surface area contributed by atoms with E-state index in [1.54, 1.807) is 0 Å². The summed E-state index contributed by atoms with van der Waals surface area (Å²) in [6.07, 6.45) is 4.48. The van der Waals surface area contributed by atoms with Gasteiger partial charge in [-0.05, 0) is 18.9 Å². The molecule has 0 aliphatic carbocycles. The Labute approximate surface area is 123 Å². The zero-order valence-electron chi connectivity index (χ0n) is 11.9. The molecule has 1 unspecified atom stereocenters. The molecule has 1 aromatic rings. The summed E-state index contributed by atoms with van der Waals surface area (Å²) >= 11 is 0. The van der Waals surface area contributed by atoms with E-state index in [-0.39, 0.29) is 17.2 Å². The van der Waals surface area contributed by atoms with Crippen molar-refractivity contribution in [1.82, 2.24) is 8.87 Å². The maximum absolute atomic E-state index is 12.7. The van der Waals surface area contributed by atoms with Crippen molar-refractivity contribution in [3.05, 3.63) is 18.0 Å². The second kappa shape index (κ2) is 6.17. The monoisotopic (exact) mass is 316 g/mol. The molecule has 1 aliphatic rings. The summed E-state index contributed by atoms with van der Waals surface area (Å²) in [5.41, 5.74) is -0.0797. The highest BCUT2D eigenvalue weighted by Crippen LogP contribution is 2.25. The first-order valence-corrected chi connectivity index (χ1v) is 8.34. The maximum Gasteiger partial charge on any atom is 0.352 e. The van der Waals surface area contributed by atoms with Crippen LogP contribution in [0.4, 0.5) is 0 Å². The van der Waals surface area contributed by atoms with Crippen LogP contribution in [0.15, 0.2) is 17.2 Å². The van der Waals surface area contributed by atoms with Crippen molar-refractivity contribution in [1.29, 1.82) is 0 Å². The van der Waals surface area contributed by atoms with Gasteiger partial charge < -0.3 is 14.8 Å². The minimum atomic E-state index is -3.79. The van der Waals surface area contributed by atoms with Gasteiger partial charge in [0.05, 0.1) is 6.61 Å². The van der Waals surface area contributed by atoms with Gasteiger partial charge in [-0.3, -0.25) is 0 Å². The maximum atomic E-state index is 12.7. The molecule has 0 radical (unpaired) electrons. The van der Waals surface area contributed by atoms with E-state index in [0.29, 0.717) is 13.0 Å². The highest BCUT2D eigenvalue weighted by Gasteiger charge is 2.33. The first-order valence-electron chi connectivity index (χ1n) is 6.90. The van der Waals surface area contributed by atoms with Gasteiger partial charge in [0.2, 0.25) is 10.0 Å². The van der Waals surface area contributed by atoms with E-state index in [1.807, 2.05) is 0 Å². The first kappa shape index (κ1) is 16.0. The number of rotatable bonds is 4. The number of aryl methyl sites for hydroxylation is 1. The van der Waals surface area contributed by atoms with Crippen LogP contribution >= 0.6 is 0 Å². The van der Waals surface area contributed by atoms with Crippen LogP contribution in [0.25, 0.3) is 0 Å². The molecule has 118 valence electrons. The zero-order chi connectivity index (χ0) is 15.6. The number of hydrogen-bond acceptors (Lipinski definition) is 4. The van der Waals surface area contributed by atoms with E-state index in [0.717, 1.165) is 25.3 Å². The Morgan fingerprint density at radius 2 is 2.10 bits per heavy atom. The van der Waals surface area contributed by atoms with Crippen LogP contribution in [0, 0.1) is 0 Å². The Hall–Kier alpha value is -1.38. The fourth-order valence-electron chi connectivity index (χ4n) is 2.67. The summed E-state index contributed by atoms with van der Waals surface area (Å²) in [5, 5.41) is 18.5. The number of sulfonamides is 1. The summed E-state index contributed by atoms with van der Waals surface area (Å²) in [7, 11) is -2.30. The van der Waals surface area contributed by atoms with E-state index in [1.165, 1.54) is 22.1 Å². The Morgan fingerprint density at radius 1 is 1.38 bits per heavy atom. The average molecular weight is 316 g/mol. The van der Waals surface area contributed by atoms with E-state index in [9.17, 15) is 18.3 Å². The van der Waals surface area contributed by atoms with Gasteiger partial charge in [-0.25, -0.2) is 13.2 Å². The summed E-state index contributed by atoms with van der Waals surface area (Å²) in [4.78, 5) is 11.0. The van der Waals surface area contributed by atoms with Crippen LogP contribution in [-0.4, -0.2) is 52.7 Å². The fourth-order valence-corrected chi connectivity index (χ4v) is 4.43. The minimum Gasteiger partial charge on any atom is -0.477 e. The molecule has 1 saturated heterocycles. The molecule has 0 spiro atoms. The Morgan fingerprint density at radius 3 is 2.67 bits per heavy atom. The number of carbonyl (C=O) groups is 1. The quantitative estimate of drug-likeness (QED) is 0.849. The Kier molecular flexibility index (Phi) is 4.70. The largest absolute Gasteiger partial charge is 0.477 e. The number of aliphatic hydroxyl groups excluding tert-OH is 1. The lowest BCUT2D eigenvalue weighted by molar-refractivity contribution is 0.0686. The number of aromatic carboxylic acids is 1. The van der Waals surface area contributed by atoms with Crippen molar-refractivity contribution >= 4 is 16.0 Å². The summed E-state index contributed by atoms with van der Waals surface area (Å²) in [6, 6.07) is 0.725. The number of nitrogens with zero attached hydrogens (tertiary/aromatic N) is 2. The fraction of sp³-hybridized carbons (Fsp3) is 0.615. The van der Waals surface area contributed by atoms with Gasteiger partial charge in [0.25, 0.3) is 0 Å². The van der Waals surface area contributed by atoms with Crippen LogP contribution in [0.5, 0.6) is 0 Å². The lowest BCUT2D eigenvalue weighted by atomic mass is 10.1. The van der Waals surface area contributed by atoms with Gasteiger partial charge in [-0.1, -0.05) is 12.8 Å². The number of hydrogen-bond donors (Lipinski definition) is 2. The van der Waals surface area contributed by atoms with Crippen molar-refractivity contribution in [2.45, 2.75) is 36.6 Å². The van der Waals surface area contributed by atoms with Crippen molar-refractivity contribution in [2.75, 3.05) is 13.2 Å². The highest BCUT2D eigenvalue weighted by atomic mass is 32.2. The Balaban J connectivity index is 2.40. The Bertz CT molecular complexity index is 623. The first-order chi connectivity index (χ1) is 9.87. The third-order valence-electron chi connectivity index (χ3n) is 3.84. The number of aliphatic hydroxyl groups is 1. The zero-order valence-corrected chi connectivity index (χ0v) is 12.7. The van der Waals surface area contributed by atoms with Crippen LogP contribution < -0.4 is 0 Å². The molecule has 0 bridgehead atoms.